The average Bonchev–Trinajstić information content (AvgIpc) is 2.08. The van der Waals surface area contributed by atoms with Crippen LogP contribution >= 0.6 is 38.5 Å². The molecule has 1 aromatic rings. The molecule has 0 heterocycles. The summed E-state index contributed by atoms with van der Waals surface area (Å²) in [6.07, 6.45) is 0.610. The molecule has 1 nitrogen and oxygen atoms in total. The molecule has 0 aliphatic heterocycles. The van der Waals surface area contributed by atoms with Crippen molar-refractivity contribution in [2.45, 2.75) is 20.3 Å². The Morgan fingerprint density at radius 2 is 2.14 bits per heavy atom. The molecule has 1 rings (SSSR count). The fourth-order valence-corrected chi connectivity index (χ4v) is 2.15. The van der Waals surface area contributed by atoms with Crippen molar-refractivity contribution in [2.75, 3.05) is 0 Å². The summed E-state index contributed by atoms with van der Waals surface area (Å²) in [5.74, 6) is 0.623. The van der Waals surface area contributed by atoms with Crippen LogP contribution in [-0.4, -0.2) is 5.78 Å². The lowest BCUT2D eigenvalue weighted by Gasteiger charge is -2.06. The summed E-state index contributed by atoms with van der Waals surface area (Å²) >= 11 is 5.61. The van der Waals surface area contributed by atoms with Crippen LogP contribution in [0.25, 0.3) is 0 Å². The molecule has 0 atom stereocenters. The zero-order chi connectivity index (χ0) is 10.7. The number of Topliss-reactive ketones (excluding diaryl/α,β-unsaturated/α-hetero) is 1. The summed E-state index contributed by atoms with van der Waals surface area (Å²) in [7, 11) is 0. The molecule has 14 heavy (non-hydrogen) atoms. The van der Waals surface area contributed by atoms with E-state index in [0.29, 0.717) is 12.3 Å². The Bertz CT molecular complexity index is 347. The highest BCUT2D eigenvalue weighted by atomic mass is 127. The van der Waals surface area contributed by atoms with Crippen LogP contribution in [0.3, 0.4) is 0 Å². The van der Waals surface area contributed by atoms with Gasteiger partial charge in [0.2, 0.25) is 0 Å². The molecule has 0 saturated carbocycles. The van der Waals surface area contributed by atoms with Crippen LogP contribution in [0.5, 0.6) is 0 Å². The lowest BCUT2D eigenvalue weighted by atomic mass is 10.0. The summed E-state index contributed by atoms with van der Waals surface area (Å²) in [5.41, 5.74) is 0.797. The smallest absolute Gasteiger partial charge is 0.164 e. The molecule has 1 aromatic carbocycles. The van der Waals surface area contributed by atoms with Crippen molar-refractivity contribution in [1.29, 1.82) is 0 Å². The van der Waals surface area contributed by atoms with Crippen LogP contribution in [0, 0.1) is 9.49 Å². The van der Waals surface area contributed by atoms with Crippen molar-refractivity contribution in [3.8, 4) is 0 Å². The third-order valence-corrected chi connectivity index (χ3v) is 3.18. The Balaban J connectivity index is 2.94. The number of rotatable bonds is 3. The third-order valence-electron chi connectivity index (χ3n) is 1.82. The van der Waals surface area contributed by atoms with Crippen LogP contribution in [-0.2, 0) is 0 Å². The molecule has 76 valence electrons. The Morgan fingerprint density at radius 1 is 1.50 bits per heavy atom. The van der Waals surface area contributed by atoms with Gasteiger partial charge in [-0.05, 0) is 46.7 Å². The van der Waals surface area contributed by atoms with Gasteiger partial charge in [-0.2, -0.15) is 0 Å². The highest BCUT2D eigenvalue weighted by Gasteiger charge is 2.11. The van der Waals surface area contributed by atoms with E-state index in [0.717, 1.165) is 13.6 Å². The molecule has 0 aliphatic carbocycles. The zero-order valence-corrected chi connectivity index (χ0v) is 11.9. The summed E-state index contributed by atoms with van der Waals surface area (Å²) in [4.78, 5) is 11.8. The van der Waals surface area contributed by atoms with Gasteiger partial charge >= 0.3 is 0 Å². The van der Waals surface area contributed by atoms with Crippen LogP contribution in [0.2, 0.25) is 0 Å². The van der Waals surface area contributed by atoms with Gasteiger partial charge in [0.05, 0.1) is 0 Å². The number of ketones is 1. The molecule has 0 aliphatic rings. The predicted molar refractivity (Wildman–Crippen MR) is 70.6 cm³/mol. The van der Waals surface area contributed by atoms with Gasteiger partial charge in [0.25, 0.3) is 0 Å². The number of carbonyl (C=O) groups is 1. The first kappa shape index (κ1) is 12.2. The van der Waals surface area contributed by atoms with Crippen molar-refractivity contribution < 1.29 is 4.79 Å². The third kappa shape index (κ3) is 3.35. The second kappa shape index (κ2) is 5.26. The highest BCUT2D eigenvalue weighted by molar-refractivity contribution is 14.1. The monoisotopic (exact) mass is 366 g/mol. The van der Waals surface area contributed by atoms with Gasteiger partial charge in [-0.1, -0.05) is 29.8 Å². The van der Waals surface area contributed by atoms with Crippen LogP contribution < -0.4 is 0 Å². The van der Waals surface area contributed by atoms with Crippen LogP contribution in [0.15, 0.2) is 22.7 Å². The molecule has 0 unspecified atom stereocenters. The first-order chi connectivity index (χ1) is 6.50. The quantitative estimate of drug-likeness (QED) is 0.576. The van der Waals surface area contributed by atoms with Crippen molar-refractivity contribution in [3.63, 3.8) is 0 Å². The predicted octanol–water partition coefficient (Wildman–Crippen LogP) is 4.28. The fraction of sp³-hybridized carbons (Fsp3) is 0.364. The Kier molecular flexibility index (Phi) is 4.57. The SMILES string of the molecule is CC(C)CC(=O)c1cc(I)ccc1Br. The molecule has 0 aromatic heterocycles. The van der Waals surface area contributed by atoms with Gasteiger partial charge in [0.15, 0.2) is 5.78 Å². The van der Waals surface area contributed by atoms with Gasteiger partial charge < -0.3 is 0 Å². The molecule has 0 amide bonds. The molecule has 0 fully saturated rings. The molecular formula is C11H12BrIO. The van der Waals surface area contributed by atoms with Crippen molar-refractivity contribution in [2.24, 2.45) is 5.92 Å². The number of carbonyl (C=O) groups excluding carboxylic acids is 1. The maximum Gasteiger partial charge on any atom is 0.164 e. The van der Waals surface area contributed by atoms with Crippen molar-refractivity contribution in [1.82, 2.24) is 0 Å². The lowest BCUT2D eigenvalue weighted by molar-refractivity contribution is 0.0967. The van der Waals surface area contributed by atoms with Crippen LogP contribution in [0.4, 0.5) is 0 Å². The molecular weight excluding hydrogens is 355 g/mol. The highest BCUT2D eigenvalue weighted by Crippen LogP contribution is 2.22. The van der Waals surface area contributed by atoms with Crippen molar-refractivity contribution >= 4 is 44.3 Å². The number of halogens is 2. The molecule has 0 spiro atoms. The molecule has 0 N–H and O–H groups in total. The van der Waals surface area contributed by atoms with E-state index < -0.39 is 0 Å². The minimum Gasteiger partial charge on any atom is -0.294 e. The van der Waals surface area contributed by atoms with Crippen molar-refractivity contribution in [3.05, 3.63) is 31.8 Å². The van der Waals surface area contributed by atoms with E-state index in [9.17, 15) is 4.79 Å². The summed E-state index contributed by atoms with van der Waals surface area (Å²) in [6.45, 7) is 4.11. The minimum absolute atomic E-state index is 0.213. The van der Waals surface area contributed by atoms with E-state index in [1.165, 1.54) is 0 Å². The van der Waals surface area contributed by atoms with Gasteiger partial charge in [0, 0.05) is 20.0 Å². The largest absolute Gasteiger partial charge is 0.294 e. The second-order valence-electron chi connectivity index (χ2n) is 3.65. The molecule has 0 bridgehead atoms. The lowest BCUT2D eigenvalue weighted by Crippen LogP contribution is -2.04. The topological polar surface area (TPSA) is 17.1 Å². The van der Waals surface area contributed by atoms with E-state index >= 15 is 0 Å². The second-order valence-corrected chi connectivity index (χ2v) is 5.75. The zero-order valence-electron chi connectivity index (χ0n) is 8.18. The summed E-state index contributed by atoms with van der Waals surface area (Å²) in [5, 5.41) is 0. The average molecular weight is 367 g/mol. The maximum absolute atomic E-state index is 11.8. The van der Waals surface area contributed by atoms with Gasteiger partial charge in [0.1, 0.15) is 0 Å². The number of hydrogen-bond donors (Lipinski definition) is 0. The first-order valence-electron chi connectivity index (χ1n) is 4.49. The van der Waals surface area contributed by atoms with E-state index in [1.54, 1.807) is 0 Å². The van der Waals surface area contributed by atoms with E-state index in [1.807, 2.05) is 18.2 Å². The molecule has 0 saturated heterocycles. The fourth-order valence-electron chi connectivity index (χ4n) is 1.19. The van der Waals surface area contributed by atoms with E-state index in [4.69, 9.17) is 0 Å². The number of hydrogen-bond acceptors (Lipinski definition) is 1. The Morgan fingerprint density at radius 3 is 2.71 bits per heavy atom. The normalized spacial score (nSPS) is 10.6. The van der Waals surface area contributed by atoms with Gasteiger partial charge in [-0.3, -0.25) is 4.79 Å². The molecule has 0 radical (unpaired) electrons. The number of benzene rings is 1. The maximum atomic E-state index is 11.8. The molecule has 3 heteroatoms. The first-order valence-corrected chi connectivity index (χ1v) is 6.36. The van der Waals surface area contributed by atoms with Gasteiger partial charge in [-0.25, -0.2) is 0 Å². The van der Waals surface area contributed by atoms with E-state index in [2.05, 4.69) is 52.4 Å². The minimum atomic E-state index is 0.213. The standard InChI is InChI=1S/C11H12BrIO/c1-7(2)5-11(14)9-6-8(13)3-4-10(9)12/h3-4,6-7H,5H2,1-2H3. The summed E-state index contributed by atoms with van der Waals surface area (Å²) in [6, 6.07) is 5.83. The van der Waals surface area contributed by atoms with Crippen LogP contribution in [0.1, 0.15) is 30.6 Å². The summed E-state index contributed by atoms with van der Waals surface area (Å²) < 4.78 is 1.99. The van der Waals surface area contributed by atoms with Gasteiger partial charge in [-0.15, -0.1) is 0 Å². The van der Waals surface area contributed by atoms with E-state index in [-0.39, 0.29) is 5.78 Å². The Labute approximate surface area is 107 Å². The Hall–Kier alpha value is 0.1000.